The molecule has 1 heterocycles. The molecule has 0 unspecified atom stereocenters. The second kappa shape index (κ2) is 4.63. The molecule has 0 amide bonds. The van der Waals surface area contributed by atoms with Gasteiger partial charge in [0, 0.05) is 17.3 Å². The smallest absolute Gasteiger partial charge is 0.260 e. The molecular formula is C10H10BrN3O2. The predicted molar refractivity (Wildman–Crippen MR) is 62.6 cm³/mol. The molecule has 0 saturated heterocycles. The topological polar surface area (TPSA) is 74.2 Å². The Labute approximate surface area is 101 Å². The van der Waals surface area contributed by atoms with E-state index in [9.17, 15) is 0 Å². The number of benzene rings is 1. The number of aromatic nitrogens is 2. The zero-order chi connectivity index (χ0) is 11.5. The Kier molecular flexibility index (Phi) is 3.21. The zero-order valence-corrected chi connectivity index (χ0v) is 10.2. The summed E-state index contributed by atoms with van der Waals surface area (Å²) in [5.74, 6) is 0.900. The normalized spacial score (nSPS) is 10.6. The first-order chi connectivity index (χ1) is 7.70. The van der Waals surface area contributed by atoms with Crippen molar-refractivity contribution in [3.05, 3.63) is 28.5 Å². The summed E-state index contributed by atoms with van der Waals surface area (Å²) in [6.07, 6.45) is 0. The number of halogens is 1. The number of nitrogens with zero attached hydrogens (tertiary/aromatic N) is 2. The predicted octanol–water partition coefficient (Wildman–Crippen LogP) is 2.23. The van der Waals surface area contributed by atoms with Gasteiger partial charge in [0.05, 0.1) is 5.56 Å². The van der Waals surface area contributed by atoms with Gasteiger partial charge >= 0.3 is 0 Å². The van der Waals surface area contributed by atoms with E-state index < -0.39 is 0 Å². The number of methoxy groups -OCH3 is 1. The molecule has 2 rings (SSSR count). The summed E-state index contributed by atoms with van der Waals surface area (Å²) in [7, 11) is 1.57. The van der Waals surface area contributed by atoms with Gasteiger partial charge in [-0.3, -0.25) is 0 Å². The van der Waals surface area contributed by atoms with Gasteiger partial charge in [0.2, 0.25) is 0 Å². The van der Waals surface area contributed by atoms with Crippen LogP contribution in [0.15, 0.2) is 27.2 Å². The van der Waals surface area contributed by atoms with E-state index in [-0.39, 0.29) is 0 Å². The number of ether oxygens (including phenoxy) is 1. The molecule has 0 fully saturated rings. The minimum Gasteiger partial charge on any atom is -0.398 e. The van der Waals surface area contributed by atoms with Crippen molar-refractivity contribution in [2.45, 2.75) is 6.61 Å². The van der Waals surface area contributed by atoms with Crippen LogP contribution < -0.4 is 5.73 Å². The number of nitrogen functional groups attached to an aromatic ring is 1. The minimum absolute atomic E-state index is 0.319. The van der Waals surface area contributed by atoms with Crippen molar-refractivity contribution in [1.29, 1.82) is 0 Å². The summed E-state index contributed by atoms with van der Waals surface area (Å²) in [5, 5.41) is 3.77. The van der Waals surface area contributed by atoms with Crippen LogP contribution >= 0.6 is 15.9 Å². The van der Waals surface area contributed by atoms with Gasteiger partial charge in [-0.25, -0.2) is 0 Å². The number of hydrogen-bond acceptors (Lipinski definition) is 5. The molecule has 0 aliphatic rings. The summed E-state index contributed by atoms with van der Waals surface area (Å²) < 4.78 is 10.9. The average Bonchev–Trinajstić information content (AvgIpc) is 2.67. The van der Waals surface area contributed by atoms with E-state index in [1.54, 1.807) is 13.2 Å². The van der Waals surface area contributed by atoms with Gasteiger partial charge in [-0.2, -0.15) is 4.98 Å². The monoisotopic (exact) mass is 283 g/mol. The summed E-state index contributed by atoms with van der Waals surface area (Å²) in [5.41, 5.74) is 7.15. The van der Waals surface area contributed by atoms with Crippen molar-refractivity contribution in [2.75, 3.05) is 12.8 Å². The first-order valence-corrected chi connectivity index (χ1v) is 5.37. The molecule has 16 heavy (non-hydrogen) atoms. The third-order valence-corrected chi connectivity index (χ3v) is 2.48. The van der Waals surface area contributed by atoms with Crippen LogP contribution in [0.1, 0.15) is 5.82 Å². The highest BCUT2D eigenvalue weighted by atomic mass is 79.9. The van der Waals surface area contributed by atoms with Gasteiger partial charge in [0.15, 0.2) is 5.82 Å². The van der Waals surface area contributed by atoms with E-state index in [0.717, 1.165) is 10.0 Å². The first kappa shape index (κ1) is 11.1. The lowest BCUT2D eigenvalue weighted by Gasteiger charge is -2.00. The quantitative estimate of drug-likeness (QED) is 0.875. The van der Waals surface area contributed by atoms with Gasteiger partial charge < -0.3 is 15.0 Å². The van der Waals surface area contributed by atoms with Gasteiger partial charge in [-0.1, -0.05) is 21.1 Å². The molecule has 2 aromatic rings. The Morgan fingerprint density at radius 1 is 1.50 bits per heavy atom. The number of anilines is 1. The SMILES string of the molecule is COCc1noc(-c2ccc(Br)cc2N)n1. The maximum absolute atomic E-state index is 5.85. The number of hydrogen-bond donors (Lipinski definition) is 1. The fourth-order valence-corrected chi connectivity index (χ4v) is 1.66. The zero-order valence-electron chi connectivity index (χ0n) is 8.61. The molecular weight excluding hydrogens is 274 g/mol. The van der Waals surface area contributed by atoms with E-state index in [0.29, 0.717) is 24.0 Å². The highest BCUT2D eigenvalue weighted by molar-refractivity contribution is 9.10. The van der Waals surface area contributed by atoms with Crippen LogP contribution in [0.2, 0.25) is 0 Å². The largest absolute Gasteiger partial charge is 0.398 e. The fourth-order valence-electron chi connectivity index (χ4n) is 1.28. The molecule has 2 N–H and O–H groups in total. The maximum Gasteiger partial charge on any atom is 0.260 e. The Bertz CT molecular complexity index is 499. The molecule has 0 atom stereocenters. The molecule has 0 bridgehead atoms. The molecule has 0 spiro atoms. The maximum atomic E-state index is 5.85. The molecule has 0 aliphatic heterocycles. The van der Waals surface area contributed by atoms with Crippen molar-refractivity contribution >= 4 is 21.6 Å². The van der Waals surface area contributed by atoms with Gasteiger partial charge in [-0.05, 0) is 18.2 Å². The third-order valence-electron chi connectivity index (χ3n) is 1.99. The van der Waals surface area contributed by atoms with Crippen LogP contribution in [0, 0.1) is 0 Å². The van der Waals surface area contributed by atoms with Gasteiger partial charge in [-0.15, -0.1) is 0 Å². The van der Waals surface area contributed by atoms with Crippen molar-refractivity contribution < 1.29 is 9.26 Å². The van der Waals surface area contributed by atoms with E-state index in [2.05, 4.69) is 26.1 Å². The van der Waals surface area contributed by atoms with Gasteiger partial charge in [0.25, 0.3) is 5.89 Å². The molecule has 0 aliphatic carbocycles. The second-order valence-corrected chi connectivity index (χ2v) is 4.10. The van der Waals surface area contributed by atoms with E-state index in [1.165, 1.54) is 0 Å². The summed E-state index contributed by atoms with van der Waals surface area (Å²) in [6.45, 7) is 0.319. The molecule has 1 aromatic carbocycles. The minimum atomic E-state index is 0.319. The lowest BCUT2D eigenvalue weighted by Crippen LogP contribution is -1.92. The Morgan fingerprint density at radius 2 is 2.31 bits per heavy atom. The van der Waals surface area contributed by atoms with Crippen LogP contribution in [0.5, 0.6) is 0 Å². The van der Waals surface area contributed by atoms with Crippen LogP contribution in [0.25, 0.3) is 11.5 Å². The third kappa shape index (κ3) is 2.23. The molecule has 84 valence electrons. The average molecular weight is 284 g/mol. The lowest BCUT2D eigenvalue weighted by molar-refractivity contribution is 0.174. The van der Waals surface area contributed by atoms with E-state index >= 15 is 0 Å². The Hall–Kier alpha value is -1.40. The molecule has 6 heteroatoms. The Morgan fingerprint density at radius 3 is 3.00 bits per heavy atom. The molecule has 5 nitrogen and oxygen atoms in total. The van der Waals surface area contributed by atoms with Crippen molar-refractivity contribution in [3.63, 3.8) is 0 Å². The van der Waals surface area contributed by atoms with Crippen LogP contribution in [-0.2, 0) is 11.3 Å². The van der Waals surface area contributed by atoms with Crippen molar-refractivity contribution in [1.82, 2.24) is 10.1 Å². The van der Waals surface area contributed by atoms with E-state index in [4.69, 9.17) is 15.0 Å². The number of nitrogens with two attached hydrogens (primary N) is 1. The number of rotatable bonds is 3. The highest BCUT2D eigenvalue weighted by Crippen LogP contribution is 2.27. The van der Waals surface area contributed by atoms with E-state index in [1.807, 2.05) is 12.1 Å². The molecule has 0 saturated carbocycles. The standard InChI is InChI=1S/C10H10BrN3O2/c1-15-5-9-13-10(16-14-9)7-3-2-6(11)4-8(7)12/h2-4H,5,12H2,1H3. The van der Waals surface area contributed by atoms with Crippen molar-refractivity contribution in [2.24, 2.45) is 0 Å². The molecule has 1 aromatic heterocycles. The first-order valence-electron chi connectivity index (χ1n) is 4.57. The Balaban J connectivity index is 2.35. The highest BCUT2D eigenvalue weighted by Gasteiger charge is 2.11. The summed E-state index contributed by atoms with van der Waals surface area (Å²) in [6, 6.07) is 5.48. The van der Waals surface area contributed by atoms with Crippen LogP contribution in [0.3, 0.4) is 0 Å². The second-order valence-electron chi connectivity index (χ2n) is 3.18. The van der Waals surface area contributed by atoms with Crippen molar-refractivity contribution in [3.8, 4) is 11.5 Å². The summed E-state index contributed by atoms with van der Waals surface area (Å²) in [4.78, 5) is 4.16. The lowest BCUT2D eigenvalue weighted by atomic mass is 10.2. The fraction of sp³-hybridized carbons (Fsp3) is 0.200. The van der Waals surface area contributed by atoms with Gasteiger partial charge in [0.1, 0.15) is 6.61 Å². The van der Waals surface area contributed by atoms with Crippen LogP contribution in [-0.4, -0.2) is 17.3 Å². The molecule has 0 radical (unpaired) electrons. The van der Waals surface area contributed by atoms with Crippen LogP contribution in [0.4, 0.5) is 5.69 Å². The summed E-state index contributed by atoms with van der Waals surface area (Å²) >= 11 is 3.33.